The van der Waals surface area contributed by atoms with Crippen LogP contribution >= 0.6 is 0 Å². The van der Waals surface area contributed by atoms with E-state index >= 15 is 0 Å². The maximum atomic E-state index is 7.67. The van der Waals surface area contributed by atoms with Crippen molar-refractivity contribution in [3.63, 3.8) is 0 Å². The first-order valence-electron chi connectivity index (χ1n) is 9.68. The molecule has 0 aromatic rings. The van der Waals surface area contributed by atoms with Crippen molar-refractivity contribution < 1.29 is 40.4 Å². The summed E-state index contributed by atoms with van der Waals surface area (Å²) in [7, 11) is 0. The summed E-state index contributed by atoms with van der Waals surface area (Å²) in [5, 5.41) is 29.6. The average molecular weight is 368 g/mol. The summed E-state index contributed by atoms with van der Waals surface area (Å²) in [5.41, 5.74) is 0. The second-order valence-corrected chi connectivity index (χ2v) is 6.19. The maximum absolute atomic E-state index is 7.67. The van der Waals surface area contributed by atoms with Crippen LogP contribution in [0.25, 0.3) is 0 Å². The molecule has 0 aliphatic carbocycles. The Kier molecular flexibility index (Phi) is 23.4. The van der Waals surface area contributed by atoms with Gasteiger partial charge in [-0.1, -0.05) is 96.8 Å². The highest BCUT2D eigenvalue weighted by molar-refractivity contribution is 4.49. The third-order valence-corrected chi connectivity index (χ3v) is 4.02. The molecule has 0 heterocycles. The zero-order valence-electron chi connectivity index (χ0n) is 15.6. The van der Waals surface area contributed by atoms with Crippen LogP contribution < -0.4 is 0 Å². The highest BCUT2D eigenvalue weighted by Crippen LogP contribution is 2.13. The van der Waals surface area contributed by atoms with E-state index in [2.05, 4.69) is 42.0 Å². The Morgan fingerprint density at radius 2 is 0.880 bits per heavy atom. The standard InChI is InChI=1S/C17H36O8/c1-2-3-4-5-6-7-8-9-10-11-12-13-14-15-16-17-19-21-23-25-24-22-20-18/h18H,2-17H2,1H3. The van der Waals surface area contributed by atoms with E-state index in [-0.39, 0.29) is 0 Å². The van der Waals surface area contributed by atoms with Crippen molar-refractivity contribution in [3.8, 4) is 0 Å². The Labute approximate surface area is 151 Å². The molecule has 8 heteroatoms. The van der Waals surface area contributed by atoms with Crippen LogP contribution in [-0.2, 0) is 35.1 Å². The maximum Gasteiger partial charge on any atom is 0.0855 e. The van der Waals surface area contributed by atoms with Crippen LogP contribution in [0.2, 0.25) is 0 Å². The highest BCUT2D eigenvalue weighted by Gasteiger charge is 1.96. The predicted molar refractivity (Wildman–Crippen MR) is 90.0 cm³/mol. The van der Waals surface area contributed by atoms with Crippen LogP contribution in [0.4, 0.5) is 0 Å². The lowest BCUT2D eigenvalue weighted by molar-refractivity contribution is -0.812. The van der Waals surface area contributed by atoms with Crippen LogP contribution in [-0.4, -0.2) is 11.9 Å². The lowest BCUT2D eigenvalue weighted by Crippen LogP contribution is -2.01. The molecule has 25 heavy (non-hydrogen) atoms. The van der Waals surface area contributed by atoms with E-state index in [4.69, 9.17) is 5.26 Å². The Morgan fingerprint density at radius 3 is 1.36 bits per heavy atom. The van der Waals surface area contributed by atoms with Gasteiger partial charge in [-0.25, -0.2) is 10.1 Å². The molecule has 0 radical (unpaired) electrons. The fourth-order valence-electron chi connectivity index (χ4n) is 2.63. The largest absolute Gasteiger partial charge is 0.219 e. The normalized spacial score (nSPS) is 11.3. The summed E-state index contributed by atoms with van der Waals surface area (Å²) in [6.07, 6.45) is 19.6. The average Bonchev–Trinajstić information content (AvgIpc) is 2.63. The van der Waals surface area contributed by atoms with Gasteiger partial charge in [0, 0.05) is 0 Å². The minimum absolute atomic E-state index is 0.388. The minimum atomic E-state index is 0.388. The van der Waals surface area contributed by atoms with Crippen molar-refractivity contribution in [2.75, 3.05) is 6.61 Å². The second-order valence-electron chi connectivity index (χ2n) is 6.19. The van der Waals surface area contributed by atoms with Gasteiger partial charge in [-0.15, -0.1) is 0 Å². The zero-order chi connectivity index (χ0) is 18.3. The topological polar surface area (TPSA) is 84.8 Å². The molecule has 0 bridgehead atoms. The van der Waals surface area contributed by atoms with E-state index in [0.717, 1.165) is 12.8 Å². The monoisotopic (exact) mass is 368 g/mol. The van der Waals surface area contributed by atoms with Gasteiger partial charge < -0.3 is 0 Å². The Morgan fingerprint density at radius 1 is 0.480 bits per heavy atom. The lowest BCUT2D eigenvalue weighted by atomic mass is 10.0. The third-order valence-electron chi connectivity index (χ3n) is 4.02. The Bertz CT molecular complexity index is 209. The molecule has 1 N–H and O–H groups in total. The van der Waals surface area contributed by atoms with Gasteiger partial charge in [0.25, 0.3) is 0 Å². The van der Waals surface area contributed by atoms with Crippen molar-refractivity contribution in [3.05, 3.63) is 0 Å². The van der Waals surface area contributed by atoms with Gasteiger partial charge >= 0.3 is 0 Å². The molecule has 0 aliphatic heterocycles. The summed E-state index contributed by atoms with van der Waals surface area (Å²) >= 11 is 0. The number of hydrogen-bond donors (Lipinski definition) is 1. The van der Waals surface area contributed by atoms with E-state index in [9.17, 15) is 0 Å². The first-order valence-corrected chi connectivity index (χ1v) is 9.68. The quantitative estimate of drug-likeness (QED) is 0.143. The summed E-state index contributed by atoms with van der Waals surface area (Å²) < 4.78 is 0. The van der Waals surface area contributed by atoms with E-state index < -0.39 is 0 Å². The van der Waals surface area contributed by atoms with Crippen LogP contribution in [0.3, 0.4) is 0 Å². The van der Waals surface area contributed by atoms with Gasteiger partial charge in [0.15, 0.2) is 0 Å². The van der Waals surface area contributed by atoms with Crippen LogP contribution in [0.15, 0.2) is 0 Å². The summed E-state index contributed by atoms with van der Waals surface area (Å²) in [4.78, 5) is 4.64. The lowest BCUT2D eigenvalue weighted by Gasteiger charge is -2.03. The van der Waals surface area contributed by atoms with Crippen molar-refractivity contribution >= 4 is 0 Å². The van der Waals surface area contributed by atoms with E-state index in [1.54, 1.807) is 0 Å². The van der Waals surface area contributed by atoms with Crippen molar-refractivity contribution in [2.45, 2.75) is 103 Å². The van der Waals surface area contributed by atoms with Crippen molar-refractivity contribution in [1.82, 2.24) is 0 Å². The molecule has 8 nitrogen and oxygen atoms in total. The van der Waals surface area contributed by atoms with Crippen molar-refractivity contribution in [1.29, 1.82) is 0 Å². The molecule has 0 saturated heterocycles. The molecule has 0 amide bonds. The van der Waals surface area contributed by atoms with Crippen LogP contribution in [0.5, 0.6) is 0 Å². The fraction of sp³-hybridized carbons (Fsp3) is 1.00. The molecule has 0 fully saturated rings. The highest BCUT2D eigenvalue weighted by atomic mass is 17.9. The number of rotatable bonds is 22. The molecule has 0 atom stereocenters. The van der Waals surface area contributed by atoms with Gasteiger partial charge in [0.05, 0.1) is 6.61 Å². The Hall–Kier alpha value is -0.320. The third kappa shape index (κ3) is 23.7. The van der Waals surface area contributed by atoms with E-state index in [0.29, 0.717) is 6.61 Å². The van der Waals surface area contributed by atoms with Crippen LogP contribution in [0, 0.1) is 0 Å². The van der Waals surface area contributed by atoms with Crippen LogP contribution in [0.1, 0.15) is 103 Å². The molecule has 152 valence electrons. The number of unbranched alkanes of at least 4 members (excludes halogenated alkanes) is 14. The van der Waals surface area contributed by atoms with Crippen molar-refractivity contribution in [2.24, 2.45) is 0 Å². The molecule has 0 saturated carbocycles. The zero-order valence-corrected chi connectivity index (χ0v) is 15.6. The smallest absolute Gasteiger partial charge is 0.0855 e. The molecule has 0 aromatic carbocycles. The van der Waals surface area contributed by atoms with Gasteiger partial charge in [-0.05, 0) is 36.7 Å². The molecular formula is C17H36O8. The summed E-state index contributed by atoms with van der Waals surface area (Å²) in [6, 6.07) is 0. The summed E-state index contributed by atoms with van der Waals surface area (Å²) in [6.45, 7) is 2.65. The Balaban J connectivity index is 2.94. The van der Waals surface area contributed by atoms with Gasteiger partial charge in [0.1, 0.15) is 0 Å². The minimum Gasteiger partial charge on any atom is -0.219 e. The molecule has 0 unspecified atom stereocenters. The first kappa shape index (κ1) is 24.7. The summed E-state index contributed by atoms with van der Waals surface area (Å²) in [5.74, 6) is 0. The molecule has 0 aromatic heterocycles. The van der Waals surface area contributed by atoms with Gasteiger partial charge in [0.2, 0.25) is 0 Å². The molecule has 0 aliphatic rings. The number of hydrogen-bond acceptors (Lipinski definition) is 8. The van der Waals surface area contributed by atoms with E-state index in [1.165, 1.54) is 83.5 Å². The molecule has 0 spiro atoms. The SMILES string of the molecule is CCCCCCCCCCCCCCCCCOOOOOOOO. The molecule has 0 rings (SSSR count). The van der Waals surface area contributed by atoms with Gasteiger partial charge in [-0.2, -0.15) is 0 Å². The predicted octanol–water partition coefficient (Wildman–Crippen LogP) is 5.94. The fourth-order valence-corrected chi connectivity index (χ4v) is 2.63. The second kappa shape index (κ2) is 23.7. The molecular weight excluding hydrogens is 332 g/mol. The van der Waals surface area contributed by atoms with Gasteiger partial charge in [-0.3, -0.25) is 0 Å². The first-order chi connectivity index (χ1) is 12.4. The van der Waals surface area contributed by atoms with E-state index in [1.807, 2.05) is 0 Å².